The van der Waals surface area contributed by atoms with E-state index in [4.69, 9.17) is 9.47 Å². The number of rotatable bonds is 12. The van der Waals surface area contributed by atoms with Crippen LogP contribution in [0.1, 0.15) is 54.5 Å². The van der Waals surface area contributed by atoms with Crippen LogP contribution in [-0.4, -0.2) is 94.6 Å². The third kappa shape index (κ3) is 9.07. The summed E-state index contributed by atoms with van der Waals surface area (Å²) < 4.78 is 11.7. The predicted molar refractivity (Wildman–Crippen MR) is 239 cm³/mol. The van der Waals surface area contributed by atoms with Gasteiger partial charge in [-0.25, -0.2) is 9.59 Å². The van der Waals surface area contributed by atoms with Crippen LogP contribution >= 0.6 is 0 Å². The van der Waals surface area contributed by atoms with Crippen molar-refractivity contribution in [1.29, 1.82) is 0 Å². The lowest BCUT2D eigenvalue weighted by molar-refractivity contribution is -0.138. The molecule has 0 bridgehead atoms. The van der Waals surface area contributed by atoms with Gasteiger partial charge in [0.05, 0.1) is 25.3 Å². The number of nitrogens with one attached hydrogen (secondary N) is 4. The van der Waals surface area contributed by atoms with Crippen LogP contribution in [0.2, 0.25) is 0 Å². The highest BCUT2D eigenvalue weighted by molar-refractivity contribution is 6.11. The Balaban J connectivity index is 1.05. The van der Waals surface area contributed by atoms with Crippen molar-refractivity contribution in [2.45, 2.75) is 56.4 Å². The van der Waals surface area contributed by atoms with Crippen molar-refractivity contribution < 1.29 is 38.2 Å². The fourth-order valence-corrected chi connectivity index (χ4v) is 8.70. The molecule has 2 saturated heterocycles. The van der Waals surface area contributed by atoms with Crippen LogP contribution in [-0.2, 0) is 35.2 Å². The maximum absolute atomic E-state index is 14.0. The van der Waals surface area contributed by atoms with E-state index in [1.807, 2.05) is 60.7 Å². The average Bonchev–Trinajstić information content (AvgIpc) is 4.09. The van der Waals surface area contributed by atoms with E-state index in [-0.39, 0.29) is 11.8 Å². The van der Waals surface area contributed by atoms with Gasteiger partial charge in [-0.15, -0.1) is 0 Å². The molecule has 0 spiro atoms. The number of amides is 6. The zero-order valence-corrected chi connectivity index (χ0v) is 35.4. The molecule has 6 aromatic rings. The summed E-state index contributed by atoms with van der Waals surface area (Å²) in [6.45, 7) is 1.10. The minimum Gasteiger partial charge on any atom is -0.453 e. The molecule has 4 aromatic carbocycles. The number of benzene rings is 4. The number of alkyl carbamates (subject to hydrolysis) is 2. The second-order valence-electron chi connectivity index (χ2n) is 15.7. The Labute approximate surface area is 368 Å². The first kappa shape index (κ1) is 42.9. The van der Waals surface area contributed by atoms with Gasteiger partial charge in [0, 0.05) is 54.2 Å². The van der Waals surface area contributed by atoms with Gasteiger partial charge in [-0.1, -0.05) is 78.9 Å². The summed E-state index contributed by atoms with van der Waals surface area (Å²) in [4.78, 5) is 88.0. The molecule has 2 aliphatic heterocycles. The van der Waals surface area contributed by atoms with Crippen LogP contribution in [0.5, 0.6) is 0 Å². The lowest BCUT2D eigenvalue weighted by atomic mass is 10.0. The third-order valence-corrected chi connectivity index (χ3v) is 11.8. The molecule has 4 heterocycles. The van der Waals surface area contributed by atoms with Crippen LogP contribution in [0.4, 0.5) is 21.0 Å². The molecule has 2 fully saturated rings. The van der Waals surface area contributed by atoms with Crippen molar-refractivity contribution in [3.63, 3.8) is 0 Å². The number of fused-ring (bicyclic) bond motifs is 3. The van der Waals surface area contributed by atoms with E-state index in [1.165, 1.54) is 24.0 Å². The number of likely N-dealkylation sites (tertiary alicyclic amines) is 2. The largest absolute Gasteiger partial charge is 0.453 e. The lowest BCUT2D eigenvalue weighted by Crippen LogP contribution is -2.48. The molecule has 0 saturated carbocycles. The van der Waals surface area contributed by atoms with Crippen molar-refractivity contribution in [1.82, 2.24) is 30.0 Å². The van der Waals surface area contributed by atoms with Crippen molar-refractivity contribution in [2.24, 2.45) is 0 Å². The highest BCUT2D eigenvalue weighted by Gasteiger charge is 2.40. The van der Waals surface area contributed by atoms with E-state index in [0.717, 1.165) is 27.4 Å². The minimum atomic E-state index is -1.04. The van der Waals surface area contributed by atoms with Gasteiger partial charge in [0.15, 0.2) is 0 Å². The normalized spacial score (nSPS) is 16.8. The van der Waals surface area contributed by atoms with Crippen LogP contribution in [0.25, 0.3) is 21.8 Å². The number of hydrogen-bond donors (Lipinski definition) is 4. The van der Waals surface area contributed by atoms with E-state index in [9.17, 15) is 28.8 Å². The molecule has 2 aliphatic rings. The fourth-order valence-electron chi connectivity index (χ4n) is 8.70. The Morgan fingerprint density at radius 2 is 1.09 bits per heavy atom. The molecule has 8 rings (SSSR count). The fraction of sp³-hybridized carbons (Fsp3) is 0.271. The van der Waals surface area contributed by atoms with Gasteiger partial charge in [-0.3, -0.25) is 24.2 Å². The summed E-state index contributed by atoms with van der Waals surface area (Å²) in [7, 11) is 2.45. The standard InChI is InChI=1S/C48H48N8O8/c1-63-47(61)52-41(31-13-5-3-6-14-31)45(59)54-24-10-17-37(54)43(57)50-33-19-21-35-36-22-20-34(27-40(36)56(39(35)26-33)29-30-12-9-23-49-28-30)51-44(58)38-18-11-25-55(38)46(60)42(53-48(62)64-2)32-15-7-4-8-16-32/h3-9,12-16,19-23,26-28,37-38,41-42H,10-11,17-18,24-25,29H2,1-2H3,(H,50,57)(H,51,58)(H,52,61)(H,53,62)/t37-,38-,41+,42+/m0/s1. The summed E-state index contributed by atoms with van der Waals surface area (Å²) in [5.41, 5.74) is 4.72. The molecular formula is C48H48N8O8. The zero-order valence-electron chi connectivity index (χ0n) is 35.4. The van der Waals surface area contributed by atoms with Gasteiger partial charge in [0.2, 0.25) is 11.8 Å². The quantitative estimate of drug-likeness (QED) is 0.109. The lowest BCUT2D eigenvalue weighted by Gasteiger charge is -2.28. The Bertz CT molecular complexity index is 2530. The van der Waals surface area contributed by atoms with Crippen molar-refractivity contribution in [2.75, 3.05) is 37.9 Å². The summed E-state index contributed by atoms with van der Waals surface area (Å²) in [5.74, 6) is -1.54. The number of hydrogen-bond acceptors (Lipinski definition) is 9. The molecule has 64 heavy (non-hydrogen) atoms. The second kappa shape index (κ2) is 19.1. The number of anilines is 2. The molecule has 0 unspecified atom stereocenters. The molecular weight excluding hydrogens is 817 g/mol. The van der Waals surface area contributed by atoms with Crippen molar-refractivity contribution >= 4 is 69.0 Å². The molecule has 6 amide bonds. The van der Waals surface area contributed by atoms with Crippen molar-refractivity contribution in [3.05, 3.63) is 138 Å². The Hall–Kier alpha value is -7.75. The highest BCUT2D eigenvalue weighted by atomic mass is 16.5. The first-order valence-corrected chi connectivity index (χ1v) is 21.1. The van der Waals surface area contributed by atoms with E-state index >= 15 is 0 Å². The summed E-state index contributed by atoms with van der Waals surface area (Å²) in [6, 6.07) is 29.1. The van der Waals surface area contributed by atoms with E-state index in [2.05, 4.69) is 30.8 Å². The summed E-state index contributed by atoms with van der Waals surface area (Å²) >= 11 is 0. The molecule has 0 aliphatic carbocycles. The van der Waals surface area contributed by atoms with Gasteiger partial charge < -0.3 is 45.1 Å². The Morgan fingerprint density at radius 3 is 1.52 bits per heavy atom. The summed E-state index contributed by atoms with van der Waals surface area (Å²) in [5, 5.41) is 13.2. The second-order valence-corrected chi connectivity index (χ2v) is 15.7. The topological polar surface area (TPSA) is 193 Å². The van der Waals surface area contributed by atoms with E-state index < -0.39 is 48.2 Å². The average molecular weight is 865 g/mol. The monoisotopic (exact) mass is 864 g/mol. The molecule has 4 atom stereocenters. The number of pyridine rings is 1. The number of aromatic nitrogens is 2. The highest BCUT2D eigenvalue weighted by Crippen LogP contribution is 2.35. The molecule has 16 heteroatoms. The molecule has 4 N–H and O–H groups in total. The first-order chi connectivity index (χ1) is 31.1. The minimum absolute atomic E-state index is 0.344. The smallest absolute Gasteiger partial charge is 0.407 e. The van der Waals surface area contributed by atoms with Crippen molar-refractivity contribution in [3.8, 4) is 0 Å². The Kier molecular flexibility index (Phi) is 12.8. The van der Waals surface area contributed by atoms with Gasteiger partial charge in [-0.2, -0.15) is 0 Å². The summed E-state index contributed by atoms with van der Waals surface area (Å²) in [6.07, 6.45) is 4.06. The number of ether oxygens (including phenoxy) is 2. The number of carbonyl (C=O) groups excluding carboxylic acids is 6. The van der Waals surface area contributed by atoms with E-state index in [1.54, 1.807) is 60.9 Å². The molecule has 0 radical (unpaired) electrons. The van der Waals surface area contributed by atoms with Gasteiger partial charge in [-0.05, 0) is 72.7 Å². The Morgan fingerprint density at radius 1 is 0.625 bits per heavy atom. The van der Waals surface area contributed by atoms with Gasteiger partial charge in [0.1, 0.15) is 24.2 Å². The molecule has 328 valence electrons. The number of nitrogens with zero attached hydrogens (tertiary/aromatic N) is 4. The van der Waals surface area contributed by atoms with Crippen LogP contribution in [0, 0.1) is 0 Å². The first-order valence-electron chi connectivity index (χ1n) is 21.1. The maximum atomic E-state index is 14.0. The van der Waals surface area contributed by atoms with Gasteiger partial charge in [0.25, 0.3) is 11.8 Å². The zero-order chi connectivity index (χ0) is 44.7. The van der Waals surface area contributed by atoms with Crippen LogP contribution in [0.3, 0.4) is 0 Å². The van der Waals surface area contributed by atoms with E-state index in [0.29, 0.717) is 67.8 Å². The predicted octanol–water partition coefficient (Wildman–Crippen LogP) is 6.29. The molecule has 16 nitrogen and oxygen atoms in total. The molecule has 2 aromatic heterocycles. The third-order valence-electron chi connectivity index (χ3n) is 11.8. The SMILES string of the molecule is COC(=O)N[C@@H](C(=O)N1CCC[C@H]1C(=O)Nc1ccc2c3ccc(NC(=O)[C@@H]4CCCN4C(=O)[C@H](NC(=O)OC)c4ccccc4)cc3n(Cc3cccnc3)c2c1)c1ccccc1. The van der Waals surface area contributed by atoms with Crippen LogP contribution in [0.15, 0.2) is 122 Å². The number of methoxy groups -OCH3 is 2. The van der Waals surface area contributed by atoms with Gasteiger partial charge >= 0.3 is 12.2 Å². The number of carbonyl (C=O) groups is 6. The van der Waals surface area contributed by atoms with Crippen LogP contribution < -0.4 is 21.3 Å². The maximum Gasteiger partial charge on any atom is 0.407 e.